The lowest BCUT2D eigenvalue weighted by Gasteiger charge is -2.38. The summed E-state index contributed by atoms with van der Waals surface area (Å²) in [6.07, 6.45) is 3.74. The second-order valence-electron chi connectivity index (χ2n) is 9.22. The second kappa shape index (κ2) is 10.3. The lowest BCUT2D eigenvalue weighted by Crippen LogP contribution is -2.48. The second-order valence-corrected chi connectivity index (χ2v) is 10.3. The number of carbonyl (C=O) groups is 1. The minimum atomic E-state index is -0.389. The number of nitrogens with one attached hydrogen (secondary N) is 3. The fourth-order valence-electron chi connectivity index (χ4n) is 4.63. The van der Waals surface area contributed by atoms with E-state index in [-0.39, 0.29) is 17.2 Å². The molecule has 2 aliphatic rings. The number of rotatable bonds is 8. The van der Waals surface area contributed by atoms with Gasteiger partial charge in [-0.05, 0) is 37.5 Å². The molecule has 4 heterocycles. The predicted octanol–water partition coefficient (Wildman–Crippen LogP) is 3.14. The number of primary amides is 1. The molecule has 3 aromatic rings. The highest BCUT2D eigenvalue weighted by atomic mass is 32.2. The molecule has 2 aromatic heterocycles. The van der Waals surface area contributed by atoms with E-state index in [1.165, 1.54) is 11.8 Å². The van der Waals surface area contributed by atoms with Gasteiger partial charge < -0.3 is 31.0 Å². The Bertz CT molecular complexity index is 1270. The number of anilines is 4. The average Bonchev–Trinajstić information content (AvgIpc) is 3.54. The van der Waals surface area contributed by atoms with Gasteiger partial charge in [-0.3, -0.25) is 9.69 Å². The molecule has 0 aliphatic carbocycles. The normalized spacial score (nSPS) is 20.3. The molecule has 0 radical (unpaired) electrons. The Hall–Kier alpha value is -3.44. The van der Waals surface area contributed by atoms with Crippen molar-refractivity contribution in [2.75, 3.05) is 48.8 Å². The molecule has 11 heteroatoms. The molecule has 1 fully saturated rings. The van der Waals surface area contributed by atoms with E-state index in [1.54, 1.807) is 7.11 Å². The van der Waals surface area contributed by atoms with Crippen LogP contribution in [0.3, 0.4) is 0 Å². The molecular formula is C25H32N8O2S. The Morgan fingerprint density at radius 2 is 2.03 bits per heavy atom. The molecule has 2 unspecified atom stereocenters. The summed E-state index contributed by atoms with van der Waals surface area (Å²) in [5, 5.41) is 8.99. The number of hydrogen-bond acceptors (Lipinski definition) is 9. The van der Waals surface area contributed by atoms with Crippen LogP contribution >= 0.6 is 11.8 Å². The first-order valence-corrected chi connectivity index (χ1v) is 13.0. The Kier molecular flexibility index (Phi) is 6.92. The summed E-state index contributed by atoms with van der Waals surface area (Å²) in [5.74, 6) is 1.38. The smallest absolute Gasteiger partial charge is 0.233 e. The number of thioether (sulfide) groups is 1. The van der Waals surface area contributed by atoms with Crippen molar-refractivity contribution in [2.45, 2.75) is 31.2 Å². The van der Waals surface area contributed by atoms with Crippen molar-refractivity contribution in [1.29, 1.82) is 0 Å². The third-order valence-corrected chi connectivity index (χ3v) is 7.81. The standard InChI is InChI=1S/C25H32N8O2S/c1-15(2)32-9-11-33(12-10-32)16-4-5-18(20(14-16)35-3)29-25-30-23-17(6-8-27-23)24(31-25)28-19-7-13-36-21(19)22(26)34/h4-8,13-15,19,21H,9-12H2,1-3H3,(H2,26,34)(H3,27,28,29,30,31). The maximum Gasteiger partial charge on any atom is 0.233 e. The Morgan fingerprint density at radius 1 is 1.22 bits per heavy atom. The molecule has 1 saturated heterocycles. The van der Waals surface area contributed by atoms with Crippen molar-refractivity contribution in [3.8, 4) is 5.75 Å². The highest BCUT2D eigenvalue weighted by Gasteiger charge is 2.29. The van der Waals surface area contributed by atoms with Gasteiger partial charge in [-0.25, -0.2) is 0 Å². The summed E-state index contributed by atoms with van der Waals surface area (Å²) in [5.41, 5.74) is 8.15. The maximum atomic E-state index is 11.8. The Balaban J connectivity index is 1.37. The monoisotopic (exact) mass is 508 g/mol. The van der Waals surface area contributed by atoms with Crippen molar-refractivity contribution < 1.29 is 9.53 Å². The van der Waals surface area contributed by atoms with Crippen molar-refractivity contribution in [3.05, 3.63) is 41.9 Å². The number of ether oxygens (including phenoxy) is 1. The largest absolute Gasteiger partial charge is 0.494 e. The molecule has 36 heavy (non-hydrogen) atoms. The quantitative estimate of drug-likeness (QED) is 0.363. The van der Waals surface area contributed by atoms with Crippen LogP contribution in [0.2, 0.25) is 0 Å². The van der Waals surface area contributed by atoms with Gasteiger partial charge >= 0.3 is 0 Å². The van der Waals surface area contributed by atoms with Gasteiger partial charge in [0.2, 0.25) is 11.9 Å². The first-order chi connectivity index (χ1) is 17.4. The number of nitrogens with zero attached hydrogens (tertiary/aromatic N) is 4. The first kappa shape index (κ1) is 24.3. The van der Waals surface area contributed by atoms with Crippen LogP contribution in [0.4, 0.5) is 23.1 Å². The van der Waals surface area contributed by atoms with Gasteiger partial charge in [-0.2, -0.15) is 9.97 Å². The van der Waals surface area contributed by atoms with Crippen LogP contribution in [0.25, 0.3) is 11.0 Å². The maximum absolute atomic E-state index is 11.8. The minimum Gasteiger partial charge on any atom is -0.494 e. The summed E-state index contributed by atoms with van der Waals surface area (Å²) < 4.78 is 5.72. The number of benzene rings is 1. The molecule has 0 bridgehead atoms. The van der Waals surface area contributed by atoms with E-state index in [2.05, 4.69) is 56.4 Å². The number of piperazine rings is 1. The zero-order valence-electron chi connectivity index (χ0n) is 20.7. The van der Waals surface area contributed by atoms with Gasteiger partial charge in [0, 0.05) is 50.2 Å². The van der Waals surface area contributed by atoms with Gasteiger partial charge in [-0.1, -0.05) is 6.08 Å². The number of hydrogen-bond donors (Lipinski definition) is 4. The molecule has 1 amide bonds. The highest BCUT2D eigenvalue weighted by Crippen LogP contribution is 2.34. The van der Waals surface area contributed by atoms with E-state index in [1.807, 2.05) is 29.8 Å². The number of aromatic amines is 1. The van der Waals surface area contributed by atoms with Crippen LogP contribution in [0.5, 0.6) is 5.75 Å². The zero-order chi connectivity index (χ0) is 25.2. The number of nitrogens with two attached hydrogens (primary N) is 1. The van der Waals surface area contributed by atoms with Gasteiger partial charge in [0.05, 0.1) is 24.2 Å². The predicted molar refractivity (Wildman–Crippen MR) is 146 cm³/mol. The third kappa shape index (κ3) is 4.93. The van der Waals surface area contributed by atoms with Crippen LogP contribution in [-0.2, 0) is 4.79 Å². The van der Waals surface area contributed by atoms with E-state index in [9.17, 15) is 4.79 Å². The van der Waals surface area contributed by atoms with Crippen molar-refractivity contribution in [1.82, 2.24) is 19.9 Å². The zero-order valence-corrected chi connectivity index (χ0v) is 21.5. The number of fused-ring (bicyclic) bond motifs is 1. The molecule has 1 aromatic carbocycles. The fourth-order valence-corrected chi connectivity index (χ4v) is 5.52. The molecule has 5 rings (SSSR count). The van der Waals surface area contributed by atoms with Crippen molar-refractivity contribution in [3.63, 3.8) is 0 Å². The number of methoxy groups -OCH3 is 1. The van der Waals surface area contributed by atoms with Crippen LogP contribution in [0.1, 0.15) is 13.8 Å². The van der Waals surface area contributed by atoms with Crippen molar-refractivity contribution >= 4 is 51.8 Å². The molecule has 2 atom stereocenters. The number of carbonyl (C=O) groups excluding carboxylic acids is 1. The molecule has 0 saturated carbocycles. The SMILES string of the molecule is COc1cc(N2CCN(C(C)C)CC2)ccc1Nc1nc(NC2C=CSC2C(N)=O)c2cc[nH]c2n1. The lowest BCUT2D eigenvalue weighted by atomic mass is 10.2. The van der Waals surface area contributed by atoms with E-state index >= 15 is 0 Å². The van der Waals surface area contributed by atoms with Crippen LogP contribution in [-0.4, -0.2) is 76.4 Å². The summed E-state index contributed by atoms with van der Waals surface area (Å²) >= 11 is 1.40. The van der Waals surface area contributed by atoms with E-state index in [0.717, 1.165) is 42.9 Å². The fraction of sp³-hybridized carbons (Fsp3) is 0.400. The topological polar surface area (TPSA) is 124 Å². The summed E-state index contributed by atoms with van der Waals surface area (Å²) in [7, 11) is 1.66. The van der Waals surface area contributed by atoms with E-state index in [4.69, 9.17) is 15.5 Å². The number of H-pyrrole nitrogens is 1. The Morgan fingerprint density at radius 3 is 2.75 bits per heavy atom. The van der Waals surface area contributed by atoms with Crippen molar-refractivity contribution in [2.24, 2.45) is 5.73 Å². The van der Waals surface area contributed by atoms with Crippen LogP contribution in [0, 0.1) is 0 Å². The number of amides is 1. The average molecular weight is 509 g/mol. The molecule has 0 spiro atoms. The molecule has 2 aliphatic heterocycles. The third-order valence-electron chi connectivity index (χ3n) is 6.68. The van der Waals surface area contributed by atoms with Crippen LogP contribution in [0.15, 0.2) is 41.9 Å². The lowest BCUT2D eigenvalue weighted by molar-refractivity contribution is -0.117. The van der Waals surface area contributed by atoms with Gasteiger partial charge in [-0.15, -0.1) is 11.8 Å². The van der Waals surface area contributed by atoms with Crippen LogP contribution < -0.4 is 26.0 Å². The minimum absolute atomic E-state index is 0.252. The van der Waals surface area contributed by atoms with Gasteiger partial charge in [0.1, 0.15) is 22.5 Å². The van der Waals surface area contributed by atoms with E-state index in [0.29, 0.717) is 29.2 Å². The first-order valence-electron chi connectivity index (χ1n) is 12.1. The number of aromatic nitrogens is 3. The summed E-state index contributed by atoms with van der Waals surface area (Å²) in [4.78, 5) is 29.2. The van der Waals surface area contributed by atoms with Gasteiger partial charge in [0.15, 0.2) is 0 Å². The Labute approximate surface area is 214 Å². The van der Waals surface area contributed by atoms with E-state index < -0.39 is 0 Å². The molecule has 5 N–H and O–H groups in total. The summed E-state index contributed by atoms with van der Waals surface area (Å²) in [6.45, 7) is 8.54. The van der Waals surface area contributed by atoms with Gasteiger partial charge in [0.25, 0.3) is 0 Å². The highest BCUT2D eigenvalue weighted by molar-refractivity contribution is 8.03. The molecule has 190 valence electrons. The molecule has 10 nitrogen and oxygen atoms in total. The molecular weight excluding hydrogens is 476 g/mol. The summed E-state index contributed by atoms with van der Waals surface area (Å²) in [6, 6.07) is 8.37.